The second-order valence-corrected chi connectivity index (χ2v) is 5.57. The molecule has 0 aliphatic rings. The summed E-state index contributed by atoms with van der Waals surface area (Å²) in [7, 11) is 1.61. The molecule has 0 saturated carbocycles. The van der Waals surface area contributed by atoms with Crippen molar-refractivity contribution < 1.29 is 17.9 Å². The molecule has 0 fully saturated rings. The summed E-state index contributed by atoms with van der Waals surface area (Å²) in [4.78, 5) is 0. The number of benzene rings is 2. The zero-order valence-corrected chi connectivity index (χ0v) is 15.1. The van der Waals surface area contributed by atoms with Crippen molar-refractivity contribution in [1.29, 1.82) is 0 Å². The number of methoxy groups -OCH3 is 1. The topological polar surface area (TPSA) is 40.2 Å². The third-order valence-corrected chi connectivity index (χ3v) is 3.95. The van der Waals surface area contributed by atoms with Crippen LogP contribution in [0.25, 0.3) is 22.2 Å². The monoisotopic (exact) mass is 364 g/mol. The molecular weight excluding hydrogens is 341 g/mol. The maximum atomic E-state index is 12.7. The highest BCUT2D eigenvalue weighted by molar-refractivity contribution is 5.89. The van der Waals surface area contributed by atoms with E-state index in [1.54, 1.807) is 7.11 Å². The van der Waals surface area contributed by atoms with Crippen LogP contribution >= 0.6 is 0 Å². The summed E-state index contributed by atoms with van der Waals surface area (Å²) in [6.45, 7) is 5.10. The van der Waals surface area contributed by atoms with E-state index in [2.05, 4.69) is 0 Å². The van der Waals surface area contributed by atoms with Gasteiger partial charge < -0.3 is 15.0 Å². The van der Waals surface area contributed by atoms with E-state index in [1.807, 2.05) is 42.7 Å². The molecule has 2 N–H and O–H groups in total. The van der Waals surface area contributed by atoms with Crippen molar-refractivity contribution in [3.05, 3.63) is 54.1 Å². The molecule has 0 aliphatic carbocycles. The highest BCUT2D eigenvalue weighted by Gasteiger charge is 2.30. The molecule has 0 unspecified atom stereocenters. The van der Waals surface area contributed by atoms with E-state index in [9.17, 15) is 13.2 Å². The number of aromatic nitrogens is 1. The van der Waals surface area contributed by atoms with Crippen LogP contribution in [0.15, 0.2) is 48.5 Å². The third-order valence-electron chi connectivity index (χ3n) is 3.95. The Morgan fingerprint density at radius 3 is 2.23 bits per heavy atom. The van der Waals surface area contributed by atoms with Gasteiger partial charge in [-0.15, -0.1) is 0 Å². The summed E-state index contributed by atoms with van der Waals surface area (Å²) in [5.74, 6) is 0. The summed E-state index contributed by atoms with van der Waals surface area (Å²) in [5.41, 5.74) is 8.34. The van der Waals surface area contributed by atoms with E-state index in [-0.39, 0.29) is 0 Å². The molecule has 6 heteroatoms. The number of alkyl halides is 3. The smallest absolute Gasteiger partial charge is 0.399 e. The normalized spacial score (nSPS) is 11.3. The molecule has 3 aromatic rings. The molecule has 0 saturated heterocycles. The van der Waals surface area contributed by atoms with Gasteiger partial charge in [-0.1, -0.05) is 26.0 Å². The number of hydrogen-bond acceptors (Lipinski definition) is 2. The predicted molar refractivity (Wildman–Crippen MR) is 100 cm³/mol. The second-order valence-electron chi connectivity index (χ2n) is 5.57. The van der Waals surface area contributed by atoms with Gasteiger partial charge >= 0.3 is 6.18 Å². The van der Waals surface area contributed by atoms with Gasteiger partial charge in [0.05, 0.1) is 12.2 Å². The predicted octanol–water partition coefficient (Wildman–Crippen LogP) is 5.58. The van der Waals surface area contributed by atoms with Crippen LogP contribution in [-0.2, 0) is 17.5 Å². The molecule has 1 aromatic heterocycles. The van der Waals surface area contributed by atoms with Crippen LogP contribution in [0.5, 0.6) is 0 Å². The summed E-state index contributed by atoms with van der Waals surface area (Å²) in [5, 5.41) is 0.945. The van der Waals surface area contributed by atoms with Crippen molar-refractivity contribution in [2.24, 2.45) is 0 Å². The minimum atomic E-state index is -4.34. The van der Waals surface area contributed by atoms with Gasteiger partial charge in [-0.2, -0.15) is 13.2 Å². The van der Waals surface area contributed by atoms with Crippen LogP contribution in [0, 0.1) is 0 Å². The van der Waals surface area contributed by atoms with E-state index < -0.39 is 11.7 Å². The maximum Gasteiger partial charge on any atom is 0.416 e. The minimum Gasteiger partial charge on any atom is -0.399 e. The number of nitrogens with zero attached hydrogens (tertiary/aromatic N) is 1. The van der Waals surface area contributed by atoms with Gasteiger partial charge in [-0.3, -0.25) is 0 Å². The first-order valence-electron chi connectivity index (χ1n) is 8.45. The van der Waals surface area contributed by atoms with E-state index in [0.717, 1.165) is 28.7 Å². The van der Waals surface area contributed by atoms with E-state index in [4.69, 9.17) is 10.5 Å². The Kier molecular flexibility index (Phi) is 6.32. The fourth-order valence-corrected chi connectivity index (χ4v) is 2.78. The molecule has 0 bridgehead atoms. The molecule has 0 spiro atoms. The number of halogens is 3. The van der Waals surface area contributed by atoms with Crippen molar-refractivity contribution in [3.63, 3.8) is 0 Å². The fourth-order valence-electron chi connectivity index (χ4n) is 2.78. The third kappa shape index (κ3) is 4.19. The maximum absolute atomic E-state index is 12.7. The average Bonchev–Trinajstić information content (AvgIpc) is 2.98. The standard InChI is InChI=1S/C18H17F3N2O.C2H6/c1-24-9-8-23-16-7-6-15(22)10-13(16)11-17(23)12-2-4-14(5-3-12)18(19,20)21;1-2/h2-7,10-11H,8-9,22H2,1H3;1-2H3. The molecule has 2 aromatic carbocycles. The number of ether oxygens (including phenoxy) is 1. The Morgan fingerprint density at radius 1 is 1.00 bits per heavy atom. The summed E-state index contributed by atoms with van der Waals surface area (Å²) in [6, 6.07) is 12.7. The first-order chi connectivity index (χ1) is 12.4. The first-order valence-corrected chi connectivity index (χ1v) is 8.45. The molecule has 3 nitrogen and oxygen atoms in total. The fraction of sp³-hybridized carbons (Fsp3) is 0.300. The van der Waals surface area contributed by atoms with Crippen molar-refractivity contribution in [2.45, 2.75) is 26.6 Å². The van der Waals surface area contributed by atoms with Crippen molar-refractivity contribution in [1.82, 2.24) is 4.57 Å². The summed E-state index contributed by atoms with van der Waals surface area (Å²) < 4.78 is 45.4. The Morgan fingerprint density at radius 2 is 1.65 bits per heavy atom. The lowest BCUT2D eigenvalue weighted by Crippen LogP contribution is -2.06. The van der Waals surface area contributed by atoms with Crippen LogP contribution in [0.3, 0.4) is 0 Å². The molecule has 0 aliphatic heterocycles. The quantitative estimate of drug-likeness (QED) is 0.614. The Labute approximate surface area is 151 Å². The van der Waals surface area contributed by atoms with Crippen LogP contribution in [0.2, 0.25) is 0 Å². The van der Waals surface area contributed by atoms with E-state index in [1.165, 1.54) is 12.1 Å². The Bertz CT molecular complexity index is 852. The molecule has 1 heterocycles. The van der Waals surface area contributed by atoms with Gasteiger partial charge in [-0.25, -0.2) is 0 Å². The lowest BCUT2D eigenvalue weighted by atomic mass is 10.1. The molecule has 0 atom stereocenters. The van der Waals surface area contributed by atoms with Gasteiger partial charge in [0.25, 0.3) is 0 Å². The van der Waals surface area contributed by atoms with Crippen LogP contribution < -0.4 is 5.73 Å². The Balaban J connectivity index is 0.00000117. The molecule has 26 heavy (non-hydrogen) atoms. The van der Waals surface area contributed by atoms with Crippen LogP contribution in [-0.4, -0.2) is 18.3 Å². The molecule has 140 valence electrons. The number of nitrogen functional groups attached to an aromatic ring is 1. The molecule has 0 amide bonds. The van der Waals surface area contributed by atoms with Gasteiger partial charge in [0, 0.05) is 35.9 Å². The van der Waals surface area contributed by atoms with Crippen LogP contribution in [0.4, 0.5) is 18.9 Å². The molecular formula is C20H23F3N2O. The van der Waals surface area contributed by atoms with Gasteiger partial charge in [-0.05, 0) is 42.0 Å². The van der Waals surface area contributed by atoms with Crippen LogP contribution in [0.1, 0.15) is 19.4 Å². The van der Waals surface area contributed by atoms with E-state index in [0.29, 0.717) is 24.4 Å². The van der Waals surface area contributed by atoms with Crippen molar-refractivity contribution in [3.8, 4) is 11.3 Å². The molecule has 3 rings (SSSR count). The minimum absolute atomic E-state index is 0.502. The Hall–Kier alpha value is -2.47. The lowest BCUT2D eigenvalue weighted by Gasteiger charge is -2.12. The highest BCUT2D eigenvalue weighted by atomic mass is 19.4. The zero-order chi connectivity index (χ0) is 19.3. The largest absolute Gasteiger partial charge is 0.416 e. The second kappa shape index (κ2) is 8.27. The highest BCUT2D eigenvalue weighted by Crippen LogP contribution is 2.33. The first kappa shape index (κ1) is 19.8. The SMILES string of the molecule is CC.COCCn1c(-c2ccc(C(F)(F)F)cc2)cc2cc(N)ccc21. The summed E-state index contributed by atoms with van der Waals surface area (Å²) >= 11 is 0. The molecule has 0 radical (unpaired) electrons. The van der Waals surface area contributed by atoms with E-state index >= 15 is 0 Å². The number of nitrogens with two attached hydrogens (primary N) is 1. The van der Waals surface area contributed by atoms with Crippen molar-refractivity contribution >= 4 is 16.6 Å². The van der Waals surface area contributed by atoms with Gasteiger partial charge in [0.15, 0.2) is 0 Å². The number of hydrogen-bond donors (Lipinski definition) is 1. The lowest BCUT2D eigenvalue weighted by molar-refractivity contribution is -0.137. The summed E-state index contributed by atoms with van der Waals surface area (Å²) in [6.07, 6.45) is -4.34. The number of anilines is 1. The number of fused-ring (bicyclic) bond motifs is 1. The number of rotatable bonds is 4. The van der Waals surface area contributed by atoms with Gasteiger partial charge in [0.2, 0.25) is 0 Å². The zero-order valence-electron chi connectivity index (χ0n) is 15.1. The average molecular weight is 364 g/mol. The van der Waals surface area contributed by atoms with Gasteiger partial charge in [0.1, 0.15) is 0 Å². The van der Waals surface area contributed by atoms with Crippen molar-refractivity contribution in [2.75, 3.05) is 19.5 Å².